The van der Waals surface area contributed by atoms with Crippen molar-refractivity contribution in [3.63, 3.8) is 0 Å². The molecule has 2 aromatic heterocycles. The molecule has 0 aliphatic carbocycles. The van der Waals surface area contributed by atoms with Crippen LogP contribution in [0.3, 0.4) is 0 Å². The monoisotopic (exact) mass is 160 g/mol. The van der Waals surface area contributed by atoms with Gasteiger partial charge in [0.15, 0.2) is 6.29 Å². The number of aryl methyl sites for hydroxylation is 1. The fourth-order valence-corrected chi connectivity index (χ4v) is 1.23. The van der Waals surface area contributed by atoms with Crippen molar-refractivity contribution in [1.29, 1.82) is 0 Å². The normalized spacial score (nSPS) is 10.4. The van der Waals surface area contributed by atoms with E-state index >= 15 is 0 Å². The number of hydrogen-bond acceptors (Lipinski definition) is 2. The van der Waals surface area contributed by atoms with Crippen LogP contribution in [0, 0.1) is 6.92 Å². The molecule has 0 saturated carbocycles. The Hall–Kier alpha value is -1.64. The molecule has 60 valence electrons. The van der Waals surface area contributed by atoms with E-state index in [1.165, 1.54) is 0 Å². The zero-order valence-electron chi connectivity index (χ0n) is 6.66. The van der Waals surface area contributed by atoms with E-state index in [1.807, 2.05) is 13.0 Å². The summed E-state index contributed by atoms with van der Waals surface area (Å²) in [5.41, 5.74) is 2.49. The van der Waals surface area contributed by atoms with Crippen LogP contribution < -0.4 is 0 Å². The number of nitrogens with one attached hydrogen (secondary N) is 1. The van der Waals surface area contributed by atoms with Gasteiger partial charge in [0.05, 0.1) is 0 Å². The number of H-pyrrole nitrogens is 1. The molecule has 0 aromatic carbocycles. The number of pyridine rings is 1. The van der Waals surface area contributed by atoms with Crippen molar-refractivity contribution < 1.29 is 4.79 Å². The second-order valence-corrected chi connectivity index (χ2v) is 2.77. The largest absolute Gasteiger partial charge is 0.345 e. The van der Waals surface area contributed by atoms with Crippen molar-refractivity contribution in [2.45, 2.75) is 6.92 Å². The molecule has 0 amide bonds. The highest BCUT2D eigenvalue weighted by molar-refractivity contribution is 5.95. The third kappa shape index (κ3) is 0.906. The van der Waals surface area contributed by atoms with E-state index in [1.54, 1.807) is 12.4 Å². The minimum Gasteiger partial charge on any atom is -0.345 e. The number of aldehydes is 1. The highest BCUT2D eigenvalue weighted by Crippen LogP contribution is 2.15. The van der Waals surface area contributed by atoms with E-state index in [2.05, 4.69) is 9.97 Å². The zero-order valence-corrected chi connectivity index (χ0v) is 6.66. The second-order valence-electron chi connectivity index (χ2n) is 2.77. The third-order valence-corrected chi connectivity index (χ3v) is 1.83. The van der Waals surface area contributed by atoms with E-state index in [0.29, 0.717) is 5.56 Å². The van der Waals surface area contributed by atoms with Crippen LogP contribution in [0.5, 0.6) is 0 Å². The molecule has 0 saturated heterocycles. The predicted molar refractivity (Wildman–Crippen MR) is 46.2 cm³/mol. The number of fused-ring (bicyclic) bond motifs is 1. The molecule has 0 bridgehead atoms. The Bertz CT molecular complexity index is 431. The van der Waals surface area contributed by atoms with Gasteiger partial charge in [-0.05, 0) is 18.6 Å². The summed E-state index contributed by atoms with van der Waals surface area (Å²) in [5.74, 6) is 0. The number of carbonyl (C=O) groups excluding carboxylic acids is 1. The lowest BCUT2D eigenvalue weighted by molar-refractivity contribution is 0.112. The Labute approximate surface area is 69.4 Å². The summed E-state index contributed by atoms with van der Waals surface area (Å²) in [6.45, 7) is 1.95. The molecule has 2 heterocycles. The molecular formula is C9H8N2O. The maximum Gasteiger partial charge on any atom is 0.152 e. The average molecular weight is 160 g/mol. The Balaban J connectivity index is 2.83. The van der Waals surface area contributed by atoms with Crippen LogP contribution in [0.2, 0.25) is 0 Å². The molecule has 2 aromatic rings. The van der Waals surface area contributed by atoms with Gasteiger partial charge in [-0.1, -0.05) is 0 Å². The van der Waals surface area contributed by atoms with Crippen molar-refractivity contribution in [2.24, 2.45) is 0 Å². The molecule has 3 nitrogen and oxygen atoms in total. The predicted octanol–water partition coefficient (Wildman–Crippen LogP) is 1.68. The maximum atomic E-state index is 10.5. The van der Waals surface area contributed by atoms with Crippen molar-refractivity contribution in [3.05, 3.63) is 29.6 Å². The van der Waals surface area contributed by atoms with E-state index < -0.39 is 0 Å². The molecule has 1 N–H and O–H groups in total. The SMILES string of the molecule is Cc1cnc2[nH]cc(C=O)c2c1. The molecule has 2 rings (SSSR count). The standard InChI is InChI=1S/C9H8N2O/c1-6-2-8-7(5-12)4-11-9(8)10-3-6/h2-5H,1H3,(H,10,11). The molecule has 0 radical (unpaired) electrons. The fraction of sp³-hybridized carbons (Fsp3) is 0.111. The van der Waals surface area contributed by atoms with Crippen molar-refractivity contribution in [1.82, 2.24) is 9.97 Å². The number of aromatic nitrogens is 2. The van der Waals surface area contributed by atoms with Gasteiger partial charge in [0.25, 0.3) is 0 Å². The molecule has 0 spiro atoms. The first kappa shape index (κ1) is 7.03. The molecule has 3 heteroatoms. The Morgan fingerprint density at radius 3 is 3.17 bits per heavy atom. The molecule has 12 heavy (non-hydrogen) atoms. The summed E-state index contributed by atoms with van der Waals surface area (Å²) in [5, 5.41) is 0.894. The molecule has 0 aliphatic heterocycles. The van der Waals surface area contributed by atoms with Crippen LogP contribution >= 0.6 is 0 Å². The summed E-state index contributed by atoms with van der Waals surface area (Å²) >= 11 is 0. The van der Waals surface area contributed by atoms with Gasteiger partial charge in [0.2, 0.25) is 0 Å². The van der Waals surface area contributed by atoms with Gasteiger partial charge in [-0.25, -0.2) is 4.98 Å². The van der Waals surface area contributed by atoms with E-state index in [9.17, 15) is 4.79 Å². The first-order chi connectivity index (χ1) is 5.81. The van der Waals surface area contributed by atoms with Crippen LogP contribution in [-0.2, 0) is 0 Å². The minimum absolute atomic E-state index is 0.668. The van der Waals surface area contributed by atoms with E-state index in [-0.39, 0.29) is 0 Å². The van der Waals surface area contributed by atoms with Gasteiger partial charge in [-0.2, -0.15) is 0 Å². The highest BCUT2D eigenvalue weighted by atomic mass is 16.1. The van der Waals surface area contributed by atoms with Gasteiger partial charge in [0.1, 0.15) is 5.65 Å². The second kappa shape index (κ2) is 2.44. The zero-order chi connectivity index (χ0) is 8.55. The Morgan fingerprint density at radius 2 is 2.42 bits per heavy atom. The summed E-state index contributed by atoms with van der Waals surface area (Å²) in [6, 6.07) is 1.95. The third-order valence-electron chi connectivity index (χ3n) is 1.83. The van der Waals surface area contributed by atoms with Gasteiger partial charge >= 0.3 is 0 Å². The van der Waals surface area contributed by atoms with Gasteiger partial charge in [-0.15, -0.1) is 0 Å². The fourth-order valence-electron chi connectivity index (χ4n) is 1.23. The van der Waals surface area contributed by atoms with Crippen LogP contribution in [0.25, 0.3) is 11.0 Å². The lowest BCUT2D eigenvalue weighted by Gasteiger charge is -1.91. The molecule has 0 aliphatic rings. The van der Waals surface area contributed by atoms with Crippen molar-refractivity contribution in [2.75, 3.05) is 0 Å². The Kier molecular flexibility index (Phi) is 1.43. The van der Waals surface area contributed by atoms with Crippen molar-refractivity contribution in [3.8, 4) is 0 Å². The number of rotatable bonds is 1. The number of carbonyl (C=O) groups is 1. The van der Waals surface area contributed by atoms with E-state index in [4.69, 9.17) is 0 Å². The summed E-state index contributed by atoms with van der Waals surface area (Å²) in [4.78, 5) is 17.6. The van der Waals surface area contributed by atoms with Gasteiger partial charge in [-0.3, -0.25) is 4.79 Å². The average Bonchev–Trinajstić information content (AvgIpc) is 2.46. The molecular weight excluding hydrogens is 152 g/mol. The van der Waals surface area contributed by atoms with Crippen LogP contribution in [0.1, 0.15) is 15.9 Å². The van der Waals surface area contributed by atoms with Crippen molar-refractivity contribution >= 4 is 17.3 Å². The molecule has 0 atom stereocenters. The van der Waals surface area contributed by atoms with Gasteiger partial charge < -0.3 is 4.98 Å². The number of aromatic amines is 1. The van der Waals surface area contributed by atoms with Gasteiger partial charge in [0, 0.05) is 23.3 Å². The minimum atomic E-state index is 0.668. The summed E-state index contributed by atoms with van der Waals surface area (Å²) in [7, 11) is 0. The summed E-state index contributed by atoms with van der Waals surface area (Å²) in [6.07, 6.45) is 4.28. The maximum absolute atomic E-state index is 10.5. The van der Waals surface area contributed by atoms with Crippen LogP contribution in [0.15, 0.2) is 18.5 Å². The first-order valence-corrected chi connectivity index (χ1v) is 3.70. The van der Waals surface area contributed by atoms with Crippen LogP contribution in [-0.4, -0.2) is 16.3 Å². The first-order valence-electron chi connectivity index (χ1n) is 3.70. The summed E-state index contributed by atoms with van der Waals surface area (Å²) < 4.78 is 0. The Morgan fingerprint density at radius 1 is 1.58 bits per heavy atom. The smallest absolute Gasteiger partial charge is 0.152 e. The quantitative estimate of drug-likeness (QED) is 0.645. The topological polar surface area (TPSA) is 45.8 Å². The lowest BCUT2D eigenvalue weighted by atomic mass is 10.2. The highest BCUT2D eigenvalue weighted by Gasteiger charge is 2.02. The molecule has 0 fully saturated rings. The lowest BCUT2D eigenvalue weighted by Crippen LogP contribution is -1.80. The number of nitrogens with zero attached hydrogens (tertiary/aromatic N) is 1. The molecule has 0 unspecified atom stereocenters. The number of hydrogen-bond donors (Lipinski definition) is 1. The van der Waals surface area contributed by atoms with Crippen LogP contribution in [0.4, 0.5) is 0 Å². The van der Waals surface area contributed by atoms with E-state index in [0.717, 1.165) is 22.9 Å².